The van der Waals surface area contributed by atoms with Crippen molar-refractivity contribution in [2.45, 2.75) is 6.54 Å². The van der Waals surface area contributed by atoms with Crippen LogP contribution in [0, 0.1) is 0 Å². The van der Waals surface area contributed by atoms with Crippen LogP contribution in [0.3, 0.4) is 0 Å². The van der Waals surface area contributed by atoms with E-state index in [0.717, 1.165) is 5.56 Å². The number of fused-ring (bicyclic) bond motifs is 1. The summed E-state index contributed by atoms with van der Waals surface area (Å²) in [6.45, 7) is 0.232. The van der Waals surface area contributed by atoms with Crippen LogP contribution < -0.4 is 5.56 Å². The maximum absolute atomic E-state index is 12.3. The molecule has 0 aliphatic rings. The standard InChI is InChI=1S/C14H9Cl2N3O/c15-11-6-3-4-9(13(11)16)8-19-14(20)10-5-1-2-7-12(10)17-18-19/h1-7H,8H2. The van der Waals surface area contributed by atoms with Crippen molar-refractivity contribution in [3.05, 3.63) is 68.4 Å². The van der Waals surface area contributed by atoms with Crippen molar-refractivity contribution >= 4 is 34.1 Å². The van der Waals surface area contributed by atoms with Crippen molar-refractivity contribution in [1.82, 2.24) is 15.0 Å². The minimum atomic E-state index is -0.202. The molecular formula is C14H9Cl2N3O. The molecule has 2 aromatic carbocycles. The zero-order valence-corrected chi connectivity index (χ0v) is 11.8. The van der Waals surface area contributed by atoms with E-state index >= 15 is 0 Å². The van der Waals surface area contributed by atoms with Gasteiger partial charge in [-0.05, 0) is 23.8 Å². The Morgan fingerprint density at radius 3 is 2.70 bits per heavy atom. The molecule has 4 nitrogen and oxygen atoms in total. The zero-order chi connectivity index (χ0) is 14.1. The smallest absolute Gasteiger partial charge is 0.267 e. The average Bonchev–Trinajstić information content (AvgIpc) is 2.47. The quantitative estimate of drug-likeness (QED) is 0.731. The van der Waals surface area contributed by atoms with Crippen LogP contribution in [0.25, 0.3) is 10.9 Å². The molecule has 0 saturated heterocycles. The van der Waals surface area contributed by atoms with Gasteiger partial charge in [-0.25, -0.2) is 4.68 Å². The van der Waals surface area contributed by atoms with Gasteiger partial charge in [-0.15, -0.1) is 5.10 Å². The maximum Gasteiger partial charge on any atom is 0.277 e. The van der Waals surface area contributed by atoms with E-state index < -0.39 is 0 Å². The van der Waals surface area contributed by atoms with Crippen molar-refractivity contribution in [3.63, 3.8) is 0 Å². The van der Waals surface area contributed by atoms with Crippen LogP contribution in [0.4, 0.5) is 0 Å². The van der Waals surface area contributed by atoms with Gasteiger partial charge in [0, 0.05) is 0 Å². The van der Waals surface area contributed by atoms with Crippen LogP contribution in [0.5, 0.6) is 0 Å². The van der Waals surface area contributed by atoms with Gasteiger partial charge in [-0.1, -0.05) is 52.7 Å². The van der Waals surface area contributed by atoms with Crippen molar-refractivity contribution < 1.29 is 0 Å². The number of rotatable bonds is 2. The fourth-order valence-corrected chi connectivity index (χ4v) is 2.34. The predicted octanol–water partition coefficient (Wildman–Crippen LogP) is 3.15. The van der Waals surface area contributed by atoms with Crippen molar-refractivity contribution in [3.8, 4) is 0 Å². The normalized spacial score (nSPS) is 10.9. The Morgan fingerprint density at radius 2 is 1.85 bits per heavy atom. The highest BCUT2D eigenvalue weighted by molar-refractivity contribution is 6.42. The first kappa shape index (κ1) is 13.1. The van der Waals surface area contributed by atoms with Crippen LogP contribution in [-0.4, -0.2) is 15.0 Å². The van der Waals surface area contributed by atoms with Crippen LogP contribution in [0.15, 0.2) is 47.3 Å². The summed E-state index contributed by atoms with van der Waals surface area (Å²) in [5.74, 6) is 0. The van der Waals surface area contributed by atoms with E-state index in [0.29, 0.717) is 20.9 Å². The molecule has 0 spiro atoms. The van der Waals surface area contributed by atoms with Gasteiger partial charge in [0.2, 0.25) is 0 Å². The number of halogens is 2. The molecule has 6 heteroatoms. The number of hydrogen-bond donors (Lipinski definition) is 0. The largest absolute Gasteiger partial charge is 0.277 e. The predicted molar refractivity (Wildman–Crippen MR) is 79.4 cm³/mol. The Kier molecular flexibility index (Phi) is 3.42. The summed E-state index contributed by atoms with van der Waals surface area (Å²) >= 11 is 12.1. The first-order valence-corrected chi connectivity index (χ1v) is 6.68. The van der Waals surface area contributed by atoms with E-state index in [2.05, 4.69) is 10.3 Å². The molecule has 0 N–H and O–H groups in total. The molecule has 0 aliphatic carbocycles. The van der Waals surface area contributed by atoms with Gasteiger partial charge in [0.15, 0.2) is 0 Å². The molecule has 0 aliphatic heterocycles. The lowest BCUT2D eigenvalue weighted by atomic mass is 10.2. The Hall–Kier alpha value is -1.91. The number of aromatic nitrogens is 3. The fraction of sp³-hybridized carbons (Fsp3) is 0.0714. The minimum absolute atomic E-state index is 0.202. The van der Waals surface area contributed by atoms with Crippen molar-refractivity contribution in [2.75, 3.05) is 0 Å². The number of nitrogens with zero attached hydrogens (tertiary/aromatic N) is 3. The highest BCUT2D eigenvalue weighted by Gasteiger charge is 2.09. The van der Waals surface area contributed by atoms with E-state index in [4.69, 9.17) is 23.2 Å². The SMILES string of the molecule is O=c1c2ccccc2nnn1Cc1cccc(Cl)c1Cl. The second-order valence-corrected chi connectivity index (χ2v) is 5.07. The van der Waals surface area contributed by atoms with Gasteiger partial charge < -0.3 is 0 Å². The molecular weight excluding hydrogens is 297 g/mol. The summed E-state index contributed by atoms with van der Waals surface area (Å²) < 4.78 is 1.28. The molecule has 3 aromatic rings. The molecule has 1 aromatic heterocycles. The lowest BCUT2D eigenvalue weighted by Crippen LogP contribution is -2.24. The lowest BCUT2D eigenvalue weighted by Gasteiger charge is -2.07. The summed E-state index contributed by atoms with van der Waals surface area (Å²) in [6.07, 6.45) is 0. The third-order valence-corrected chi connectivity index (χ3v) is 3.84. The van der Waals surface area contributed by atoms with E-state index in [1.165, 1.54) is 4.68 Å². The van der Waals surface area contributed by atoms with Crippen LogP contribution in [0.2, 0.25) is 10.0 Å². The van der Waals surface area contributed by atoms with Crippen LogP contribution in [-0.2, 0) is 6.54 Å². The maximum atomic E-state index is 12.3. The summed E-state index contributed by atoms with van der Waals surface area (Å²) in [7, 11) is 0. The van der Waals surface area contributed by atoms with Gasteiger partial charge in [0.25, 0.3) is 5.56 Å². The second-order valence-electron chi connectivity index (χ2n) is 4.28. The van der Waals surface area contributed by atoms with E-state index in [9.17, 15) is 4.79 Å². The topological polar surface area (TPSA) is 47.8 Å². The molecule has 0 saturated carbocycles. The number of hydrogen-bond acceptors (Lipinski definition) is 3. The summed E-state index contributed by atoms with van der Waals surface area (Å²) in [5.41, 5.74) is 1.10. The summed E-state index contributed by atoms with van der Waals surface area (Å²) in [6, 6.07) is 12.4. The zero-order valence-electron chi connectivity index (χ0n) is 10.3. The van der Waals surface area contributed by atoms with Crippen molar-refractivity contribution in [2.24, 2.45) is 0 Å². The highest BCUT2D eigenvalue weighted by atomic mass is 35.5. The molecule has 0 radical (unpaired) electrons. The van der Waals surface area contributed by atoms with Gasteiger partial charge in [0.1, 0.15) is 5.52 Å². The minimum Gasteiger partial charge on any atom is -0.267 e. The molecule has 0 unspecified atom stereocenters. The summed E-state index contributed by atoms with van der Waals surface area (Å²) in [4.78, 5) is 12.3. The Labute approximate surface area is 124 Å². The van der Waals surface area contributed by atoms with Crippen LogP contribution >= 0.6 is 23.2 Å². The van der Waals surface area contributed by atoms with E-state index in [1.54, 1.807) is 36.4 Å². The van der Waals surface area contributed by atoms with Gasteiger partial charge in [0.05, 0.1) is 22.0 Å². The molecule has 3 rings (SSSR count). The first-order valence-electron chi connectivity index (χ1n) is 5.92. The molecule has 1 heterocycles. The Balaban J connectivity index is 2.10. The molecule has 0 bridgehead atoms. The van der Waals surface area contributed by atoms with Crippen molar-refractivity contribution in [1.29, 1.82) is 0 Å². The summed E-state index contributed by atoms with van der Waals surface area (Å²) in [5, 5.41) is 9.36. The van der Waals surface area contributed by atoms with E-state index in [1.807, 2.05) is 6.07 Å². The molecule has 0 atom stereocenters. The number of benzene rings is 2. The third kappa shape index (κ3) is 2.28. The van der Waals surface area contributed by atoms with E-state index in [-0.39, 0.29) is 12.1 Å². The lowest BCUT2D eigenvalue weighted by molar-refractivity contribution is 0.601. The molecule has 0 fully saturated rings. The van der Waals surface area contributed by atoms with Crippen LogP contribution in [0.1, 0.15) is 5.56 Å². The average molecular weight is 306 g/mol. The van der Waals surface area contributed by atoms with Gasteiger partial charge in [-0.3, -0.25) is 4.79 Å². The fourth-order valence-electron chi connectivity index (χ4n) is 1.96. The second kappa shape index (κ2) is 5.23. The molecule has 100 valence electrons. The van der Waals surface area contributed by atoms with Gasteiger partial charge >= 0.3 is 0 Å². The Bertz CT molecular complexity index is 845. The molecule has 0 amide bonds. The highest BCUT2D eigenvalue weighted by Crippen LogP contribution is 2.25. The van der Waals surface area contributed by atoms with Gasteiger partial charge in [-0.2, -0.15) is 0 Å². The first-order chi connectivity index (χ1) is 9.66. The monoisotopic (exact) mass is 305 g/mol. The Morgan fingerprint density at radius 1 is 1.05 bits per heavy atom. The molecule has 20 heavy (non-hydrogen) atoms. The third-order valence-electron chi connectivity index (χ3n) is 2.98.